The van der Waals surface area contributed by atoms with E-state index in [4.69, 9.17) is 14.2 Å². The largest absolute Gasteiger partial charge is 0.394 e. The zero-order chi connectivity index (χ0) is 17.7. The molecule has 4 N–H and O–H groups in total. The van der Waals surface area contributed by atoms with E-state index < -0.39 is 38.2 Å². The normalized spacial score (nSPS) is 33.1. The van der Waals surface area contributed by atoms with Crippen LogP contribution in [0.5, 0.6) is 0 Å². The molecule has 0 spiro atoms. The van der Waals surface area contributed by atoms with Crippen LogP contribution in [0.1, 0.15) is 5.56 Å². The van der Waals surface area contributed by atoms with Crippen molar-refractivity contribution in [3.8, 4) is 0 Å². The molecule has 8 nitrogen and oxygen atoms in total. The minimum absolute atomic E-state index is 0.204. The van der Waals surface area contributed by atoms with Gasteiger partial charge in [0.25, 0.3) is 7.52 Å². The molecule has 1 aromatic carbocycles. The lowest BCUT2D eigenvalue weighted by Gasteiger charge is -2.44. The van der Waals surface area contributed by atoms with Crippen molar-refractivity contribution in [2.45, 2.75) is 37.3 Å². The molecule has 24 heavy (non-hydrogen) atoms. The highest BCUT2D eigenvalue weighted by Gasteiger charge is 2.47. The van der Waals surface area contributed by atoms with Gasteiger partial charge >= 0.3 is 0 Å². The predicted octanol–water partition coefficient (Wildman–Crippen LogP) is 0.0697. The molecule has 1 aromatic rings. The molecular weight excluding hydrogens is 337 g/mol. The first-order chi connectivity index (χ1) is 11.4. The number of methoxy groups -OCH3 is 1. The van der Waals surface area contributed by atoms with Crippen LogP contribution in [0.2, 0.25) is 0 Å². The van der Waals surface area contributed by atoms with Gasteiger partial charge in [0.1, 0.15) is 18.3 Å². The number of rotatable bonds is 7. The Morgan fingerprint density at radius 3 is 2.54 bits per heavy atom. The zero-order valence-electron chi connectivity index (χ0n) is 13.6. The summed E-state index contributed by atoms with van der Waals surface area (Å²) in [5.41, 5.74) is 0.892. The van der Waals surface area contributed by atoms with Gasteiger partial charge in [-0.2, -0.15) is 0 Å². The molecule has 0 radical (unpaired) electrons. The minimum Gasteiger partial charge on any atom is -0.394 e. The fraction of sp³-hybridized carbons (Fsp3) is 0.600. The van der Waals surface area contributed by atoms with Gasteiger partial charge in [0.15, 0.2) is 6.29 Å². The van der Waals surface area contributed by atoms with Crippen LogP contribution < -0.4 is 5.09 Å². The molecule has 1 saturated heterocycles. The number of hydrogen-bond donors (Lipinski definition) is 4. The number of aliphatic hydroxyl groups is 2. The van der Waals surface area contributed by atoms with Crippen molar-refractivity contribution < 1.29 is 33.9 Å². The number of hydrogen-bond acceptors (Lipinski definition) is 6. The van der Waals surface area contributed by atoms with E-state index in [9.17, 15) is 19.7 Å². The SMILES string of the molecule is CO[C@@H]1OC(CO)[C@@H](OCc2ccccc2)C(O)[C@@H]1NP(C)(=O)O. The Bertz CT molecular complexity index is 552. The average Bonchev–Trinajstić information content (AvgIpc) is 2.55. The molecule has 0 saturated carbocycles. The van der Waals surface area contributed by atoms with Gasteiger partial charge in [0.2, 0.25) is 0 Å². The zero-order valence-corrected chi connectivity index (χ0v) is 14.5. The topological polar surface area (TPSA) is 117 Å². The smallest absolute Gasteiger partial charge is 0.264 e. The van der Waals surface area contributed by atoms with Gasteiger partial charge in [-0.25, -0.2) is 5.09 Å². The van der Waals surface area contributed by atoms with Gasteiger partial charge in [-0.3, -0.25) is 4.57 Å². The molecule has 1 aliphatic heterocycles. The third-order valence-electron chi connectivity index (χ3n) is 3.76. The Kier molecular flexibility index (Phi) is 6.91. The minimum atomic E-state index is -3.64. The van der Waals surface area contributed by atoms with Crippen LogP contribution in [-0.4, -0.2) is 66.1 Å². The van der Waals surface area contributed by atoms with Gasteiger partial charge in [-0.15, -0.1) is 0 Å². The highest BCUT2D eigenvalue weighted by molar-refractivity contribution is 7.55. The highest BCUT2D eigenvalue weighted by atomic mass is 31.2. The van der Waals surface area contributed by atoms with E-state index in [1.807, 2.05) is 30.3 Å². The molecule has 1 aliphatic rings. The Morgan fingerprint density at radius 2 is 2.00 bits per heavy atom. The standard InChI is InChI=1S/C15H24NO7P/c1-21-15-12(16-24(2,19)20)13(18)14(11(8-17)23-15)22-9-10-6-4-3-5-7-10/h3-7,11-15,17-18H,8-9H2,1-2H3,(H2,16,19,20)/t11?,12-,13?,14+,15+/m0/s1. The van der Waals surface area contributed by atoms with Crippen molar-refractivity contribution in [1.29, 1.82) is 0 Å². The predicted molar refractivity (Wildman–Crippen MR) is 86.5 cm³/mol. The van der Waals surface area contributed by atoms with Gasteiger partial charge in [-0.05, 0) is 5.56 Å². The molecule has 136 valence electrons. The van der Waals surface area contributed by atoms with Crippen LogP contribution in [0.15, 0.2) is 30.3 Å². The fourth-order valence-corrected chi connectivity index (χ4v) is 3.48. The second kappa shape index (κ2) is 8.51. The van der Waals surface area contributed by atoms with E-state index in [1.165, 1.54) is 7.11 Å². The Balaban J connectivity index is 2.12. The summed E-state index contributed by atoms with van der Waals surface area (Å²) >= 11 is 0. The number of benzene rings is 1. The summed E-state index contributed by atoms with van der Waals surface area (Å²) in [6.45, 7) is 0.937. The summed E-state index contributed by atoms with van der Waals surface area (Å²) in [5, 5.41) is 22.5. The molecule has 6 atom stereocenters. The number of aliphatic hydroxyl groups excluding tert-OH is 2. The monoisotopic (exact) mass is 361 g/mol. The molecule has 1 heterocycles. The first-order valence-electron chi connectivity index (χ1n) is 7.56. The van der Waals surface area contributed by atoms with Crippen molar-refractivity contribution in [3.05, 3.63) is 35.9 Å². The molecular formula is C15H24NO7P. The second-order valence-electron chi connectivity index (χ2n) is 5.75. The van der Waals surface area contributed by atoms with Gasteiger partial charge in [0, 0.05) is 13.8 Å². The summed E-state index contributed by atoms with van der Waals surface area (Å²) in [4.78, 5) is 9.55. The van der Waals surface area contributed by atoms with Crippen molar-refractivity contribution in [2.75, 3.05) is 20.4 Å². The summed E-state index contributed by atoms with van der Waals surface area (Å²) in [6.07, 6.45) is -3.90. The van der Waals surface area contributed by atoms with E-state index in [2.05, 4.69) is 5.09 Å². The maximum absolute atomic E-state index is 11.7. The summed E-state index contributed by atoms with van der Waals surface area (Å²) in [6, 6.07) is 8.36. The lowest BCUT2D eigenvalue weighted by atomic mass is 9.97. The van der Waals surface area contributed by atoms with E-state index in [-0.39, 0.29) is 13.2 Å². The maximum atomic E-state index is 11.7. The highest BCUT2D eigenvalue weighted by Crippen LogP contribution is 2.35. The maximum Gasteiger partial charge on any atom is 0.264 e. The summed E-state index contributed by atoms with van der Waals surface area (Å²) in [5.74, 6) is 0. The molecule has 0 aliphatic carbocycles. The summed E-state index contributed by atoms with van der Waals surface area (Å²) in [7, 11) is -2.29. The van der Waals surface area contributed by atoms with Gasteiger partial charge < -0.3 is 29.3 Å². The van der Waals surface area contributed by atoms with Crippen molar-refractivity contribution in [3.63, 3.8) is 0 Å². The van der Waals surface area contributed by atoms with Crippen molar-refractivity contribution >= 4 is 7.52 Å². The van der Waals surface area contributed by atoms with E-state index in [1.54, 1.807) is 0 Å². The molecule has 0 bridgehead atoms. The second-order valence-corrected chi connectivity index (χ2v) is 7.76. The molecule has 9 heteroatoms. The van der Waals surface area contributed by atoms with E-state index in [0.717, 1.165) is 12.2 Å². The van der Waals surface area contributed by atoms with E-state index in [0.29, 0.717) is 0 Å². The van der Waals surface area contributed by atoms with Crippen LogP contribution >= 0.6 is 7.52 Å². The molecule has 0 amide bonds. The van der Waals surface area contributed by atoms with Crippen LogP contribution in [0.25, 0.3) is 0 Å². The van der Waals surface area contributed by atoms with Crippen LogP contribution in [0.4, 0.5) is 0 Å². The quantitative estimate of drug-likeness (QED) is 0.504. The lowest BCUT2D eigenvalue weighted by Crippen LogP contribution is -2.63. The van der Waals surface area contributed by atoms with Crippen molar-refractivity contribution in [1.82, 2.24) is 5.09 Å². The van der Waals surface area contributed by atoms with Gasteiger partial charge in [-0.1, -0.05) is 30.3 Å². The molecule has 2 rings (SSSR count). The summed E-state index contributed by atoms with van der Waals surface area (Å²) < 4.78 is 28.1. The Labute approximate surface area is 140 Å². The first kappa shape index (κ1) is 19.5. The number of ether oxygens (including phenoxy) is 3. The average molecular weight is 361 g/mol. The Morgan fingerprint density at radius 1 is 1.33 bits per heavy atom. The molecule has 1 fully saturated rings. The first-order valence-corrected chi connectivity index (χ1v) is 9.67. The van der Waals surface area contributed by atoms with Gasteiger partial charge in [0.05, 0.1) is 19.3 Å². The third-order valence-corrected chi connectivity index (χ3v) is 4.54. The van der Waals surface area contributed by atoms with Crippen molar-refractivity contribution in [2.24, 2.45) is 0 Å². The molecule has 3 unspecified atom stereocenters. The van der Waals surface area contributed by atoms with Crippen LogP contribution in [0, 0.1) is 0 Å². The fourth-order valence-electron chi connectivity index (χ4n) is 2.66. The Hall–Kier alpha value is -0.830. The van der Waals surface area contributed by atoms with Crippen LogP contribution in [-0.2, 0) is 25.4 Å². The van der Waals surface area contributed by atoms with Crippen LogP contribution in [0.3, 0.4) is 0 Å². The number of nitrogens with one attached hydrogen (secondary N) is 1. The lowest BCUT2D eigenvalue weighted by molar-refractivity contribution is -0.271. The van der Waals surface area contributed by atoms with E-state index >= 15 is 0 Å². The third kappa shape index (κ3) is 5.08. The molecule has 0 aromatic heterocycles.